The van der Waals surface area contributed by atoms with Crippen molar-refractivity contribution in [3.8, 4) is 0 Å². The van der Waals surface area contributed by atoms with Crippen molar-refractivity contribution < 1.29 is 34.1 Å². The van der Waals surface area contributed by atoms with Crippen molar-refractivity contribution in [2.45, 2.75) is 31.4 Å². The predicted octanol–water partition coefficient (Wildman–Crippen LogP) is -2.33. The van der Waals surface area contributed by atoms with Crippen molar-refractivity contribution in [3.63, 3.8) is 0 Å². The van der Waals surface area contributed by atoms with Crippen LogP contribution in [0.15, 0.2) is 0 Å². The number of esters is 2. The quantitative estimate of drug-likeness (QED) is 0.187. The summed E-state index contributed by atoms with van der Waals surface area (Å²) in [5.41, 5.74) is 10.2. The van der Waals surface area contributed by atoms with E-state index in [4.69, 9.17) is 21.7 Å². The third kappa shape index (κ3) is 8.00. The molecule has 0 aliphatic heterocycles. The van der Waals surface area contributed by atoms with Gasteiger partial charge in [-0.2, -0.15) is 0 Å². The molecule has 10 heteroatoms. The summed E-state index contributed by atoms with van der Waals surface area (Å²) in [5.74, 6) is -3.82. The van der Waals surface area contributed by atoms with Crippen LogP contribution >= 0.6 is 0 Å². The molecule has 0 aromatic carbocycles. The molecule has 20 heavy (non-hydrogen) atoms. The maximum absolute atomic E-state index is 11.3. The van der Waals surface area contributed by atoms with Crippen LogP contribution in [0, 0.1) is 0 Å². The second-order valence-electron chi connectivity index (χ2n) is 3.89. The molecule has 10 nitrogen and oxygen atoms in total. The van der Waals surface area contributed by atoms with Gasteiger partial charge in [0.2, 0.25) is 0 Å². The number of hydrogen-bond acceptors (Lipinski definition) is 7. The Hall–Kier alpha value is -2.20. The summed E-state index contributed by atoms with van der Waals surface area (Å²) in [6.07, 6.45) is -2.32. The fourth-order valence-electron chi connectivity index (χ4n) is 1.13. The lowest BCUT2D eigenvalue weighted by Gasteiger charge is -2.11. The molecule has 0 heterocycles. The van der Waals surface area contributed by atoms with Crippen molar-refractivity contribution in [3.05, 3.63) is 0 Å². The second-order valence-corrected chi connectivity index (χ2v) is 3.89. The first-order chi connectivity index (χ1) is 9.23. The molecule has 2 amide bonds. The van der Waals surface area contributed by atoms with E-state index in [1.165, 1.54) is 0 Å². The van der Waals surface area contributed by atoms with Crippen LogP contribution in [-0.2, 0) is 19.1 Å². The van der Waals surface area contributed by atoms with E-state index in [1.54, 1.807) is 0 Å². The molecule has 0 aliphatic carbocycles. The fraction of sp³-hybridized carbons (Fsp3) is 0.600. The highest BCUT2D eigenvalue weighted by Gasteiger charge is 2.23. The molecule has 0 spiro atoms. The number of aliphatic hydroxyl groups excluding tert-OH is 1. The number of nitrogens with one attached hydrogen (secondary N) is 1. The van der Waals surface area contributed by atoms with Gasteiger partial charge < -0.3 is 31.7 Å². The molecular formula is C10H17N3O7. The summed E-state index contributed by atoms with van der Waals surface area (Å²) in [6.45, 7) is 0.210. The Balaban J connectivity index is 3.97. The number of carbonyl (C=O) groups is 4. The SMILES string of the molecule is NC(=O)NCCC[C@@H](N)C(=O)OC(=O)CC(O)C(=O)O. The van der Waals surface area contributed by atoms with E-state index in [9.17, 15) is 19.2 Å². The maximum atomic E-state index is 11.3. The molecule has 0 saturated carbocycles. The number of amides is 2. The fourth-order valence-corrected chi connectivity index (χ4v) is 1.13. The average Bonchev–Trinajstić information content (AvgIpc) is 2.33. The smallest absolute Gasteiger partial charge is 0.333 e. The first-order valence-corrected chi connectivity index (χ1v) is 5.68. The number of urea groups is 1. The molecule has 0 rings (SSSR count). The number of primary amides is 1. The Morgan fingerprint density at radius 3 is 2.35 bits per heavy atom. The number of aliphatic hydroxyl groups is 1. The number of ether oxygens (including phenoxy) is 1. The van der Waals surface area contributed by atoms with Gasteiger partial charge in [-0.1, -0.05) is 0 Å². The zero-order chi connectivity index (χ0) is 15.7. The van der Waals surface area contributed by atoms with Crippen LogP contribution in [-0.4, -0.2) is 52.8 Å². The summed E-state index contributed by atoms with van der Waals surface area (Å²) >= 11 is 0. The van der Waals surface area contributed by atoms with Gasteiger partial charge in [-0.05, 0) is 12.8 Å². The second kappa shape index (κ2) is 8.82. The molecule has 0 radical (unpaired) electrons. The highest BCUT2D eigenvalue weighted by atomic mass is 16.6. The first kappa shape index (κ1) is 17.8. The van der Waals surface area contributed by atoms with Crippen LogP contribution in [0.25, 0.3) is 0 Å². The standard InChI is InChI=1S/C10H17N3O7/c11-5(2-1-3-13-10(12)19)9(18)20-7(15)4-6(14)8(16)17/h5-6,14H,1-4,11H2,(H,16,17)(H3,12,13,19)/t5-,6?/m1/s1. The normalized spacial score (nSPS) is 13.1. The monoisotopic (exact) mass is 291 g/mol. The third-order valence-electron chi connectivity index (χ3n) is 2.15. The Morgan fingerprint density at radius 2 is 1.85 bits per heavy atom. The van der Waals surface area contributed by atoms with Gasteiger partial charge in [0.25, 0.3) is 0 Å². The van der Waals surface area contributed by atoms with E-state index in [0.29, 0.717) is 6.42 Å². The number of aliphatic carboxylic acids is 1. The van der Waals surface area contributed by atoms with Crippen LogP contribution < -0.4 is 16.8 Å². The summed E-state index contributed by atoms with van der Waals surface area (Å²) < 4.78 is 4.27. The lowest BCUT2D eigenvalue weighted by Crippen LogP contribution is -2.36. The van der Waals surface area contributed by atoms with Gasteiger partial charge in [0.15, 0.2) is 6.10 Å². The number of carboxylic acids is 1. The van der Waals surface area contributed by atoms with Crippen molar-refractivity contribution in [1.29, 1.82) is 0 Å². The number of hydrogen-bond donors (Lipinski definition) is 5. The van der Waals surface area contributed by atoms with Crippen LogP contribution in [0.1, 0.15) is 19.3 Å². The van der Waals surface area contributed by atoms with E-state index in [0.717, 1.165) is 0 Å². The predicted molar refractivity (Wildman–Crippen MR) is 64.2 cm³/mol. The third-order valence-corrected chi connectivity index (χ3v) is 2.15. The lowest BCUT2D eigenvalue weighted by molar-refractivity contribution is -0.165. The summed E-state index contributed by atoms with van der Waals surface area (Å²) in [5, 5.41) is 19.5. The highest BCUT2D eigenvalue weighted by Crippen LogP contribution is 2.00. The van der Waals surface area contributed by atoms with Gasteiger partial charge in [-0.15, -0.1) is 0 Å². The minimum Gasteiger partial charge on any atom is -0.479 e. The molecule has 114 valence electrons. The van der Waals surface area contributed by atoms with Crippen LogP contribution in [0.3, 0.4) is 0 Å². The number of carbonyl (C=O) groups excluding carboxylic acids is 3. The number of carboxylic acid groups (broad SMARTS) is 1. The molecule has 7 N–H and O–H groups in total. The van der Waals surface area contributed by atoms with Crippen molar-refractivity contribution in [2.24, 2.45) is 11.5 Å². The lowest BCUT2D eigenvalue weighted by atomic mass is 10.1. The van der Waals surface area contributed by atoms with Crippen molar-refractivity contribution in [1.82, 2.24) is 5.32 Å². The Labute approximate surface area is 114 Å². The van der Waals surface area contributed by atoms with Gasteiger partial charge in [-0.3, -0.25) is 4.79 Å². The van der Waals surface area contributed by atoms with Crippen LogP contribution in [0.4, 0.5) is 4.79 Å². The minimum absolute atomic E-state index is 0.133. The van der Waals surface area contributed by atoms with Gasteiger partial charge in [-0.25, -0.2) is 14.4 Å². The molecule has 0 bridgehead atoms. The van der Waals surface area contributed by atoms with E-state index >= 15 is 0 Å². The average molecular weight is 291 g/mol. The molecule has 2 atom stereocenters. The molecular weight excluding hydrogens is 274 g/mol. The van der Waals surface area contributed by atoms with Crippen LogP contribution in [0.5, 0.6) is 0 Å². The summed E-state index contributed by atoms with van der Waals surface area (Å²) in [6, 6.07) is -1.81. The van der Waals surface area contributed by atoms with E-state index in [1.807, 2.05) is 0 Å². The van der Waals surface area contributed by atoms with Gasteiger partial charge in [0.05, 0.1) is 6.42 Å². The minimum atomic E-state index is -1.94. The van der Waals surface area contributed by atoms with Crippen LogP contribution in [0.2, 0.25) is 0 Å². The van der Waals surface area contributed by atoms with Gasteiger partial charge >= 0.3 is 23.9 Å². The molecule has 0 fully saturated rings. The number of rotatable bonds is 8. The zero-order valence-electron chi connectivity index (χ0n) is 10.6. The largest absolute Gasteiger partial charge is 0.479 e. The molecule has 0 aliphatic rings. The zero-order valence-corrected chi connectivity index (χ0v) is 10.6. The summed E-state index contributed by atoms with van der Waals surface area (Å²) in [7, 11) is 0. The van der Waals surface area contributed by atoms with Gasteiger partial charge in [0, 0.05) is 6.54 Å². The number of nitrogens with two attached hydrogens (primary N) is 2. The maximum Gasteiger partial charge on any atom is 0.333 e. The summed E-state index contributed by atoms with van der Waals surface area (Å²) in [4.78, 5) is 43.0. The van der Waals surface area contributed by atoms with Crippen molar-refractivity contribution >= 4 is 23.9 Å². The Bertz CT molecular complexity index is 385. The molecule has 0 aromatic heterocycles. The van der Waals surface area contributed by atoms with Gasteiger partial charge in [0.1, 0.15) is 6.04 Å². The molecule has 0 aromatic rings. The molecule has 1 unspecified atom stereocenters. The topological polar surface area (TPSA) is 182 Å². The highest BCUT2D eigenvalue weighted by molar-refractivity contribution is 5.90. The Morgan fingerprint density at radius 1 is 1.25 bits per heavy atom. The molecule has 0 saturated heterocycles. The van der Waals surface area contributed by atoms with E-state index in [2.05, 4.69) is 10.1 Å². The van der Waals surface area contributed by atoms with Crippen molar-refractivity contribution in [2.75, 3.05) is 6.54 Å². The van der Waals surface area contributed by atoms with E-state index < -0.39 is 42.5 Å². The Kier molecular flexibility index (Phi) is 7.85. The first-order valence-electron chi connectivity index (χ1n) is 5.68. The van der Waals surface area contributed by atoms with E-state index in [-0.39, 0.29) is 13.0 Å².